The molecule has 3 fully saturated rings. The first kappa shape index (κ1) is 23.4. The Morgan fingerprint density at radius 3 is 2.72 bits per heavy atom. The molecule has 0 aromatic heterocycles. The number of rotatable bonds is 7. The second-order valence-corrected chi connectivity index (χ2v) is 11.0. The van der Waals surface area contributed by atoms with Gasteiger partial charge in [0.25, 0.3) is 0 Å². The molecular formula is C23H30ClN3O4S. The van der Waals surface area contributed by atoms with E-state index < -0.39 is 22.6 Å². The van der Waals surface area contributed by atoms with Crippen LogP contribution in [0.15, 0.2) is 18.2 Å². The molecule has 174 valence electrons. The van der Waals surface area contributed by atoms with Gasteiger partial charge in [0.1, 0.15) is 6.04 Å². The van der Waals surface area contributed by atoms with Crippen molar-refractivity contribution in [3.8, 4) is 0 Å². The third-order valence-corrected chi connectivity index (χ3v) is 9.71. The topological polar surface area (TPSA) is 98.7 Å². The molecule has 6 atom stereocenters. The van der Waals surface area contributed by atoms with E-state index in [2.05, 4.69) is 17.6 Å². The highest BCUT2D eigenvalue weighted by molar-refractivity contribution is 8.02. The maximum Gasteiger partial charge on any atom is 0.248 e. The number of likely N-dealkylation sites (tertiary alicyclic amines) is 1. The van der Waals surface area contributed by atoms with E-state index >= 15 is 0 Å². The molecule has 3 heterocycles. The first-order valence-corrected chi connectivity index (χ1v) is 12.4. The standard InChI is InChI=1S/C23H30ClN3O4S/c1-12-7-6-8-14(24)18(12)26-21(30)19-23-13(2)11-15(32-23)16(20(29)25-3)17(23)22(31)27(19)9-4-5-10-28/h6-8,13,15-17,19,28H,4-5,9-11H2,1-3H3,(H,25,29)(H,26,30)/t13?,15-,16+,17+,19?,23?/m1/s1. The van der Waals surface area contributed by atoms with Crippen molar-refractivity contribution in [1.29, 1.82) is 0 Å². The van der Waals surface area contributed by atoms with E-state index in [4.69, 9.17) is 11.6 Å². The van der Waals surface area contributed by atoms with Crippen LogP contribution in [0.3, 0.4) is 0 Å². The van der Waals surface area contributed by atoms with Gasteiger partial charge in [0.15, 0.2) is 0 Å². The van der Waals surface area contributed by atoms with Crippen LogP contribution in [0.1, 0.15) is 31.7 Å². The normalized spacial score (nSPS) is 32.8. The zero-order valence-electron chi connectivity index (χ0n) is 18.6. The smallest absolute Gasteiger partial charge is 0.248 e. The highest BCUT2D eigenvalue weighted by atomic mass is 35.5. The van der Waals surface area contributed by atoms with Gasteiger partial charge in [-0.1, -0.05) is 30.7 Å². The van der Waals surface area contributed by atoms with Gasteiger partial charge in [0.2, 0.25) is 17.7 Å². The summed E-state index contributed by atoms with van der Waals surface area (Å²) in [6.45, 7) is 4.36. The highest BCUT2D eigenvalue weighted by Crippen LogP contribution is 2.68. The van der Waals surface area contributed by atoms with Crippen LogP contribution in [0, 0.1) is 24.7 Å². The summed E-state index contributed by atoms with van der Waals surface area (Å²) in [7, 11) is 1.60. The molecule has 7 nitrogen and oxygen atoms in total. The zero-order valence-corrected chi connectivity index (χ0v) is 20.1. The van der Waals surface area contributed by atoms with Gasteiger partial charge in [0, 0.05) is 25.4 Å². The number of aliphatic hydroxyl groups excluding tert-OH is 1. The fourth-order valence-electron chi connectivity index (χ4n) is 5.90. The molecule has 0 aliphatic carbocycles. The van der Waals surface area contributed by atoms with Crippen molar-refractivity contribution in [2.24, 2.45) is 17.8 Å². The van der Waals surface area contributed by atoms with Gasteiger partial charge in [-0.3, -0.25) is 14.4 Å². The second-order valence-electron chi connectivity index (χ2n) is 9.05. The molecule has 3 saturated heterocycles. The number of aliphatic hydroxyl groups is 1. The summed E-state index contributed by atoms with van der Waals surface area (Å²) >= 11 is 8.01. The Morgan fingerprint density at radius 1 is 1.31 bits per heavy atom. The Morgan fingerprint density at radius 2 is 2.06 bits per heavy atom. The number of carbonyl (C=O) groups excluding carboxylic acids is 3. The van der Waals surface area contributed by atoms with Crippen LogP contribution in [0.5, 0.6) is 0 Å². The molecule has 1 aromatic rings. The van der Waals surface area contributed by atoms with Gasteiger partial charge in [0.05, 0.1) is 27.3 Å². The van der Waals surface area contributed by atoms with Gasteiger partial charge in [-0.25, -0.2) is 0 Å². The molecule has 3 amide bonds. The van der Waals surface area contributed by atoms with E-state index in [0.717, 1.165) is 12.0 Å². The lowest BCUT2D eigenvalue weighted by Gasteiger charge is -2.38. The quantitative estimate of drug-likeness (QED) is 0.522. The number of unbranched alkanes of at least 4 members (excludes halogenated alkanes) is 1. The summed E-state index contributed by atoms with van der Waals surface area (Å²) in [5, 5.41) is 15.4. The fraction of sp³-hybridized carbons (Fsp3) is 0.609. The van der Waals surface area contributed by atoms with Crippen molar-refractivity contribution in [3.05, 3.63) is 28.8 Å². The first-order valence-electron chi connectivity index (χ1n) is 11.1. The Labute approximate surface area is 197 Å². The van der Waals surface area contributed by atoms with E-state index in [9.17, 15) is 19.5 Å². The maximum atomic E-state index is 13.8. The van der Waals surface area contributed by atoms with Crippen molar-refractivity contribution in [2.45, 2.75) is 49.1 Å². The van der Waals surface area contributed by atoms with Crippen LogP contribution in [-0.4, -0.2) is 64.0 Å². The van der Waals surface area contributed by atoms with E-state index in [0.29, 0.717) is 30.1 Å². The summed E-state index contributed by atoms with van der Waals surface area (Å²) in [5.74, 6) is -1.38. The molecule has 3 N–H and O–H groups in total. The largest absolute Gasteiger partial charge is 0.396 e. The summed E-state index contributed by atoms with van der Waals surface area (Å²) in [5.41, 5.74) is 1.39. The number of fused-ring (bicyclic) bond motifs is 1. The summed E-state index contributed by atoms with van der Waals surface area (Å²) < 4.78 is -0.655. The van der Waals surface area contributed by atoms with Crippen LogP contribution < -0.4 is 10.6 Å². The van der Waals surface area contributed by atoms with Crippen molar-refractivity contribution in [1.82, 2.24) is 10.2 Å². The average Bonchev–Trinajstić information content (AvgIpc) is 3.34. The van der Waals surface area contributed by atoms with E-state index in [1.807, 2.05) is 19.1 Å². The molecule has 1 aromatic carbocycles. The molecule has 2 bridgehead atoms. The van der Waals surface area contributed by atoms with Gasteiger partial charge in [-0.05, 0) is 43.7 Å². The van der Waals surface area contributed by atoms with E-state index in [1.165, 1.54) is 0 Å². The minimum absolute atomic E-state index is 0.0239. The number of amides is 3. The molecule has 3 unspecified atom stereocenters. The molecule has 4 rings (SSSR count). The molecule has 1 spiro atoms. The molecule has 0 saturated carbocycles. The van der Waals surface area contributed by atoms with Gasteiger partial charge in [-0.2, -0.15) is 0 Å². The minimum Gasteiger partial charge on any atom is -0.396 e. The van der Waals surface area contributed by atoms with Crippen molar-refractivity contribution in [2.75, 3.05) is 25.5 Å². The molecule has 32 heavy (non-hydrogen) atoms. The Hall–Kier alpha value is -1.77. The monoisotopic (exact) mass is 479 g/mol. The number of carbonyl (C=O) groups is 3. The molecule has 3 aliphatic rings. The first-order chi connectivity index (χ1) is 15.3. The SMILES string of the molecule is CNC(=O)[C@@H]1[C@H]2C(=O)N(CCCCO)C(C(=O)Nc3c(C)cccc3Cl)C23S[C@@H]1CC3C. The fourth-order valence-corrected chi connectivity index (χ4v) is 8.59. The number of para-hydroxylation sites is 1. The number of nitrogens with one attached hydrogen (secondary N) is 2. The van der Waals surface area contributed by atoms with Gasteiger partial charge in [-0.15, -0.1) is 11.8 Å². The molecule has 3 aliphatic heterocycles. The lowest BCUT2D eigenvalue weighted by atomic mass is 9.66. The predicted molar refractivity (Wildman–Crippen MR) is 126 cm³/mol. The number of hydrogen-bond acceptors (Lipinski definition) is 5. The average molecular weight is 480 g/mol. The number of nitrogens with zero attached hydrogens (tertiary/aromatic N) is 1. The van der Waals surface area contributed by atoms with Crippen LogP contribution >= 0.6 is 23.4 Å². The number of aryl methyl sites for hydroxylation is 1. The van der Waals surface area contributed by atoms with E-state index in [-0.39, 0.29) is 35.5 Å². The molecule has 0 radical (unpaired) electrons. The molecular weight excluding hydrogens is 450 g/mol. The third kappa shape index (κ3) is 3.42. The van der Waals surface area contributed by atoms with Crippen LogP contribution in [-0.2, 0) is 14.4 Å². The minimum atomic E-state index is -0.700. The number of benzene rings is 1. The van der Waals surface area contributed by atoms with Gasteiger partial charge >= 0.3 is 0 Å². The predicted octanol–water partition coefficient (Wildman–Crippen LogP) is 2.44. The number of thioether (sulfide) groups is 1. The summed E-state index contributed by atoms with van der Waals surface area (Å²) in [6.07, 6.45) is 1.93. The Bertz CT molecular complexity index is 924. The number of hydrogen-bond donors (Lipinski definition) is 3. The number of halogens is 1. The lowest BCUT2D eigenvalue weighted by Crippen LogP contribution is -2.55. The van der Waals surface area contributed by atoms with Gasteiger partial charge < -0.3 is 20.6 Å². The molecule has 9 heteroatoms. The van der Waals surface area contributed by atoms with Crippen molar-refractivity contribution >= 4 is 46.8 Å². The summed E-state index contributed by atoms with van der Waals surface area (Å²) in [6, 6.07) is 4.73. The van der Waals surface area contributed by atoms with Crippen molar-refractivity contribution < 1.29 is 19.5 Å². The third-order valence-electron chi connectivity index (χ3n) is 7.32. The van der Waals surface area contributed by atoms with E-state index in [1.54, 1.807) is 29.8 Å². The Balaban J connectivity index is 1.74. The Kier molecular flexibility index (Phi) is 6.49. The maximum absolute atomic E-state index is 13.8. The second kappa shape index (κ2) is 8.88. The number of anilines is 1. The summed E-state index contributed by atoms with van der Waals surface area (Å²) in [4.78, 5) is 41.9. The van der Waals surface area contributed by atoms with Crippen LogP contribution in [0.2, 0.25) is 5.02 Å². The zero-order chi connectivity index (χ0) is 23.2. The lowest BCUT2D eigenvalue weighted by molar-refractivity contribution is -0.139. The highest BCUT2D eigenvalue weighted by Gasteiger charge is 2.75. The van der Waals surface area contributed by atoms with Crippen LogP contribution in [0.25, 0.3) is 0 Å². The van der Waals surface area contributed by atoms with Crippen LogP contribution in [0.4, 0.5) is 5.69 Å². The van der Waals surface area contributed by atoms with Crippen molar-refractivity contribution in [3.63, 3.8) is 0 Å².